The van der Waals surface area contributed by atoms with Crippen LogP contribution in [0.2, 0.25) is 0 Å². The molecule has 1 rings (SSSR count). The molecule has 0 spiro atoms. The lowest BCUT2D eigenvalue weighted by Crippen LogP contribution is -2.02. The number of hydrogen-bond donors (Lipinski definition) is 1. The summed E-state index contributed by atoms with van der Waals surface area (Å²) in [6, 6.07) is 0. The van der Waals surface area contributed by atoms with Crippen LogP contribution in [-0.4, -0.2) is 23.8 Å². The molecule has 17 heavy (non-hydrogen) atoms. The van der Waals surface area contributed by atoms with E-state index in [2.05, 4.69) is 11.5 Å². The molecule has 0 aromatic rings. The van der Waals surface area contributed by atoms with Gasteiger partial charge in [-0.25, -0.2) is 4.79 Å². The fourth-order valence-electron chi connectivity index (χ4n) is 1.27. The van der Waals surface area contributed by atoms with Crippen molar-refractivity contribution in [2.75, 3.05) is 6.61 Å². The summed E-state index contributed by atoms with van der Waals surface area (Å²) in [6.07, 6.45) is 5.23. The Morgan fingerprint density at radius 3 is 2.76 bits per heavy atom. The normalized spacial score (nSPS) is 14.8. The van der Waals surface area contributed by atoms with Crippen molar-refractivity contribution >= 4 is 11.9 Å². The number of cyclic esters (lactones) is 1. The van der Waals surface area contributed by atoms with Gasteiger partial charge in [-0.3, -0.25) is 9.68 Å². The summed E-state index contributed by atoms with van der Waals surface area (Å²) in [5.74, 6) is -0.764. The third-order valence-electron chi connectivity index (χ3n) is 2.21. The van der Waals surface area contributed by atoms with E-state index in [0.29, 0.717) is 25.0 Å². The number of rotatable bonds is 3. The van der Waals surface area contributed by atoms with E-state index in [1.165, 1.54) is 0 Å². The maximum atomic E-state index is 10.5. The number of carbonyl (C=O) groups excluding carboxylic acids is 2. The van der Waals surface area contributed by atoms with Crippen molar-refractivity contribution in [2.24, 2.45) is 0 Å². The van der Waals surface area contributed by atoms with Crippen molar-refractivity contribution < 1.29 is 24.5 Å². The van der Waals surface area contributed by atoms with Crippen LogP contribution >= 0.6 is 0 Å². The largest absolute Gasteiger partial charge is 0.466 e. The summed E-state index contributed by atoms with van der Waals surface area (Å²) < 4.78 is 4.76. The van der Waals surface area contributed by atoms with E-state index < -0.39 is 5.97 Å². The summed E-state index contributed by atoms with van der Waals surface area (Å²) in [4.78, 5) is 24.2. The van der Waals surface area contributed by atoms with E-state index in [1.54, 1.807) is 0 Å². The molecular weight excluding hydrogens is 224 g/mol. The highest BCUT2D eigenvalue weighted by Crippen LogP contribution is 2.06. The van der Waals surface area contributed by atoms with E-state index in [-0.39, 0.29) is 5.97 Å². The van der Waals surface area contributed by atoms with Crippen molar-refractivity contribution in [3.63, 3.8) is 0 Å². The Labute approximate surface area is 101 Å². The molecule has 0 amide bonds. The molecular formula is C12H20O5. The number of ether oxygens (including phenoxy) is 1. The molecule has 0 aromatic carbocycles. The van der Waals surface area contributed by atoms with Crippen molar-refractivity contribution in [1.29, 1.82) is 0 Å². The molecule has 1 aliphatic heterocycles. The van der Waals surface area contributed by atoms with Crippen LogP contribution in [0.3, 0.4) is 0 Å². The van der Waals surface area contributed by atoms with E-state index in [1.807, 2.05) is 6.92 Å². The SMILES string of the molecule is C=C(CCC)C(=O)OO.O=C1CCCCCO1. The van der Waals surface area contributed by atoms with Gasteiger partial charge in [0.2, 0.25) is 0 Å². The van der Waals surface area contributed by atoms with Gasteiger partial charge in [0.1, 0.15) is 0 Å². The van der Waals surface area contributed by atoms with Gasteiger partial charge in [-0.15, -0.1) is 0 Å². The van der Waals surface area contributed by atoms with Gasteiger partial charge in [-0.05, 0) is 25.7 Å². The van der Waals surface area contributed by atoms with Crippen molar-refractivity contribution in [3.8, 4) is 0 Å². The van der Waals surface area contributed by atoms with Crippen LogP contribution in [0.25, 0.3) is 0 Å². The van der Waals surface area contributed by atoms with Crippen LogP contribution in [0.1, 0.15) is 45.4 Å². The summed E-state index contributed by atoms with van der Waals surface area (Å²) in [5, 5.41) is 7.82. The molecule has 0 unspecified atom stereocenters. The highest BCUT2D eigenvalue weighted by molar-refractivity contribution is 5.87. The number of esters is 1. The first kappa shape index (κ1) is 15.6. The summed E-state index contributed by atoms with van der Waals surface area (Å²) in [6.45, 7) is 5.93. The molecule has 98 valence electrons. The van der Waals surface area contributed by atoms with Gasteiger partial charge >= 0.3 is 11.9 Å². The molecule has 5 nitrogen and oxygen atoms in total. The van der Waals surface area contributed by atoms with Crippen LogP contribution in [0.4, 0.5) is 0 Å². The fraction of sp³-hybridized carbons (Fsp3) is 0.667. The summed E-state index contributed by atoms with van der Waals surface area (Å²) in [5.41, 5.74) is 0.306. The summed E-state index contributed by atoms with van der Waals surface area (Å²) in [7, 11) is 0. The van der Waals surface area contributed by atoms with E-state index in [4.69, 9.17) is 9.99 Å². The minimum Gasteiger partial charge on any atom is -0.466 e. The van der Waals surface area contributed by atoms with E-state index in [9.17, 15) is 9.59 Å². The van der Waals surface area contributed by atoms with Gasteiger partial charge in [-0.1, -0.05) is 19.9 Å². The lowest BCUT2D eigenvalue weighted by atomic mass is 10.2. The first-order valence-corrected chi connectivity index (χ1v) is 5.81. The number of hydrogen-bond acceptors (Lipinski definition) is 5. The van der Waals surface area contributed by atoms with Crippen LogP contribution in [0, 0.1) is 0 Å². The van der Waals surface area contributed by atoms with Crippen molar-refractivity contribution in [3.05, 3.63) is 12.2 Å². The Hall–Kier alpha value is -1.36. The molecule has 0 aliphatic carbocycles. The Morgan fingerprint density at radius 1 is 1.47 bits per heavy atom. The Balaban J connectivity index is 0.000000302. The van der Waals surface area contributed by atoms with Gasteiger partial charge in [0.05, 0.1) is 6.61 Å². The molecule has 1 heterocycles. The van der Waals surface area contributed by atoms with E-state index in [0.717, 1.165) is 25.7 Å². The average Bonchev–Trinajstić information content (AvgIpc) is 2.57. The highest BCUT2D eigenvalue weighted by Gasteiger charge is 2.06. The third-order valence-corrected chi connectivity index (χ3v) is 2.21. The van der Waals surface area contributed by atoms with Crippen LogP contribution in [0.15, 0.2) is 12.2 Å². The van der Waals surface area contributed by atoms with Crippen LogP contribution < -0.4 is 0 Å². The van der Waals surface area contributed by atoms with E-state index >= 15 is 0 Å². The first-order chi connectivity index (χ1) is 8.11. The van der Waals surface area contributed by atoms with Crippen LogP contribution in [0.5, 0.6) is 0 Å². The standard InChI is InChI=1S/C6H10O3.C6H10O2/c1-3-4-5(2)6(7)9-8;7-6-4-2-1-3-5-8-6/h8H,2-4H2,1H3;1-5H2. The average molecular weight is 244 g/mol. The van der Waals surface area contributed by atoms with Gasteiger partial charge < -0.3 is 4.74 Å². The zero-order valence-electron chi connectivity index (χ0n) is 10.2. The van der Waals surface area contributed by atoms with Gasteiger partial charge in [0.15, 0.2) is 0 Å². The van der Waals surface area contributed by atoms with Gasteiger partial charge in [-0.2, -0.15) is 5.26 Å². The predicted molar refractivity (Wildman–Crippen MR) is 62.2 cm³/mol. The molecule has 0 aromatic heterocycles. The quantitative estimate of drug-likeness (QED) is 0.357. The second-order valence-corrected chi connectivity index (χ2v) is 3.76. The van der Waals surface area contributed by atoms with Gasteiger partial charge in [0, 0.05) is 12.0 Å². The molecule has 5 heteroatoms. The smallest absolute Gasteiger partial charge is 0.368 e. The lowest BCUT2D eigenvalue weighted by molar-refractivity contribution is -0.229. The second kappa shape index (κ2) is 9.84. The molecule has 1 N–H and O–H groups in total. The topological polar surface area (TPSA) is 72.8 Å². The first-order valence-electron chi connectivity index (χ1n) is 5.81. The van der Waals surface area contributed by atoms with Crippen LogP contribution in [-0.2, 0) is 19.2 Å². The monoisotopic (exact) mass is 244 g/mol. The van der Waals surface area contributed by atoms with Crippen molar-refractivity contribution in [2.45, 2.75) is 45.4 Å². The maximum Gasteiger partial charge on any atom is 0.368 e. The minimum atomic E-state index is -0.739. The maximum absolute atomic E-state index is 10.5. The Kier molecular flexibility index (Phi) is 9.05. The third kappa shape index (κ3) is 8.45. The molecule has 0 atom stereocenters. The number of carbonyl (C=O) groups is 2. The molecule has 1 saturated heterocycles. The second-order valence-electron chi connectivity index (χ2n) is 3.76. The zero-order chi connectivity index (χ0) is 13.1. The lowest BCUT2D eigenvalue weighted by Gasteiger charge is -1.96. The summed E-state index contributed by atoms with van der Waals surface area (Å²) >= 11 is 0. The Morgan fingerprint density at radius 2 is 2.18 bits per heavy atom. The molecule has 0 saturated carbocycles. The molecule has 0 radical (unpaired) electrons. The minimum absolute atomic E-state index is 0.0255. The fourth-order valence-corrected chi connectivity index (χ4v) is 1.27. The van der Waals surface area contributed by atoms with Gasteiger partial charge in [0.25, 0.3) is 0 Å². The molecule has 0 bridgehead atoms. The van der Waals surface area contributed by atoms with Crippen molar-refractivity contribution in [1.82, 2.24) is 0 Å². The molecule has 1 fully saturated rings. The highest BCUT2D eigenvalue weighted by atomic mass is 17.1. The molecule has 1 aliphatic rings. The predicted octanol–water partition coefficient (Wildman–Crippen LogP) is 2.46. The Bertz CT molecular complexity index is 250. The zero-order valence-corrected chi connectivity index (χ0v) is 10.2.